The van der Waals surface area contributed by atoms with Gasteiger partial charge in [-0.05, 0) is 35.9 Å². The van der Waals surface area contributed by atoms with Gasteiger partial charge in [-0.25, -0.2) is 10.4 Å². The van der Waals surface area contributed by atoms with Crippen LogP contribution in [-0.2, 0) is 0 Å². The summed E-state index contributed by atoms with van der Waals surface area (Å²) < 4.78 is 1.72. The fraction of sp³-hybridized carbons (Fsp3) is 0.0500. The minimum Gasteiger partial charge on any atom is -0.507 e. The van der Waals surface area contributed by atoms with Crippen molar-refractivity contribution >= 4 is 28.5 Å². The normalized spacial score (nSPS) is 11.4. The summed E-state index contributed by atoms with van der Waals surface area (Å²) in [6.45, 7) is 1.78. The number of aryl methyl sites for hydroxylation is 1. The van der Waals surface area contributed by atoms with Crippen LogP contribution in [0.5, 0.6) is 5.75 Å². The molecule has 0 bridgehead atoms. The summed E-state index contributed by atoms with van der Waals surface area (Å²) in [5.74, 6) is -0.259. The average molecular weight is 344 g/mol. The number of hydrazone groups is 1. The number of nitrogens with zero attached hydrogens (tertiary/aromatic N) is 3. The molecule has 0 atom stereocenters. The number of fused-ring (bicyclic) bond motifs is 2. The van der Waals surface area contributed by atoms with E-state index in [0.29, 0.717) is 22.6 Å². The monoisotopic (exact) mass is 344 g/mol. The van der Waals surface area contributed by atoms with E-state index in [0.717, 1.165) is 10.8 Å². The fourth-order valence-electron chi connectivity index (χ4n) is 3.02. The van der Waals surface area contributed by atoms with Crippen molar-refractivity contribution in [1.82, 2.24) is 14.8 Å². The highest BCUT2D eigenvalue weighted by Gasteiger charge is 2.15. The molecule has 2 aromatic heterocycles. The van der Waals surface area contributed by atoms with Crippen LogP contribution in [0.3, 0.4) is 0 Å². The van der Waals surface area contributed by atoms with Crippen LogP contribution in [0.4, 0.5) is 0 Å². The Morgan fingerprint density at radius 3 is 2.85 bits per heavy atom. The van der Waals surface area contributed by atoms with Gasteiger partial charge in [-0.1, -0.05) is 36.4 Å². The molecule has 6 heteroatoms. The van der Waals surface area contributed by atoms with Crippen LogP contribution in [-0.4, -0.2) is 26.6 Å². The second kappa shape index (κ2) is 6.33. The Balaban J connectivity index is 1.64. The molecule has 0 unspecified atom stereocenters. The molecule has 4 rings (SSSR count). The summed E-state index contributed by atoms with van der Waals surface area (Å²) in [4.78, 5) is 16.9. The lowest BCUT2D eigenvalue weighted by Crippen LogP contribution is -2.20. The van der Waals surface area contributed by atoms with Crippen molar-refractivity contribution in [1.29, 1.82) is 0 Å². The van der Waals surface area contributed by atoms with Crippen molar-refractivity contribution in [2.75, 3.05) is 0 Å². The van der Waals surface area contributed by atoms with E-state index in [1.807, 2.05) is 48.5 Å². The first-order valence-corrected chi connectivity index (χ1v) is 8.13. The van der Waals surface area contributed by atoms with Gasteiger partial charge < -0.3 is 5.11 Å². The molecule has 26 heavy (non-hydrogen) atoms. The van der Waals surface area contributed by atoms with E-state index in [-0.39, 0.29) is 11.7 Å². The van der Waals surface area contributed by atoms with Gasteiger partial charge in [-0.3, -0.25) is 9.20 Å². The molecular weight excluding hydrogens is 328 g/mol. The van der Waals surface area contributed by atoms with Gasteiger partial charge in [0.25, 0.3) is 5.91 Å². The number of hydrogen-bond donors (Lipinski definition) is 2. The van der Waals surface area contributed by atoms with Crippen LogP contribution in [0.2, 0.25) is 0 Å². The second-order valence-electron chi connectivity index (χ2n) is 5.89. The van der Waals surface area contributed by atoms with Gasteiger partial charge in [0.15, 0.2) is 0 Å². The molecule has 0 saturated heterocycles. The number of carbonyl (C=O) groups is 1. The van der Waals surface area contributed by atoms with Gasteiger partial charge in [-0.15, -0.1) is 0 Å². The summed E-state index contributed by atoms with van der Waals surface area (Å²) in [7, 11) is 0. The maximum absolute atomic E-state index is 12.5. The molecular formula is C20H16N4O2. The van der Waals surface area contributed by atoms with Crippen molar-refractivity contribution in [3.63, 3.8) is 0 Å². The van der Waals surface area contributed by atoms with E-state index in [9.17, 15) is 9.90 Å². The van der Waals surface area contributed by atoms with E-state index in [4.69, 9.17) is 0 Å². The Kier molecular flexibility index (Phi) is 3.85. The standard InChI is InChI=1S/C20H16N4O2/c1-13-19(24-11-5-4-8-18(24)22-13)20(26)23-21-12-16-15-7-3-2-6-14(15)9-10-17(16)25/h2-12,25H,1H3,(H,23,26)/b21-12-. The maximum atomic E-state index is 12.5. The lowest BCUT2D eigenvalue weighted by molar-refractivity contribution is 0.0948. The smallest absolute Gasteiger partial charge is 0.290 e. The number of phenolic OH excluding ortho intramolecular Hbond substituents is 1. The summed E-state index contributed by atoms with van der Waals surface area (Å²) >= 11 is 0. The molecule has 6 nitrogen and oxygen atoms in total. The molecule has 0 saturated carbocycles. The van der Waals surface area contributed by atoms with Gasteiger partial charge >= 0.3 is 0 Å². The number of pyridine rings is 1. The molecule has 0 radical (unpaired) electrons. The number of benzene rings is 2. The van der Waals surface area contributed by atoms with Gasteiger partial charge in [0.1, 0.15) is 17.1 Å². The number of nitrogens with one attached hydrogen (secondary N) is 1. The fourth-order valence-corrected chi connectivity index (χ4v) is 3.02. The summed E-state index contributed by atoms with van der Waals surface area (Å²) in [6.07, 6.45) is 3.23. The largest absolute Gasteiger partial charge is 0.507 e. The van der Waals surface area contributed by atoms with Gasteiger partial charge in [0, 0.05) is 11.8 Å². The SMILES string of the molecule is Cc1nc2ccccn2c1C(=O)N/N=C\c1c(O)ccc2ccccc12. The maximum Gasteiger partial charge on any atom is 0.290 e. The molecule has 128 valence electrons. The number of aromatic nitrogens is 2. The summed E-state index contributed by atoms with van der Waals surface area (Å²) in [5.41, 5.74) is 4.82. The molecule has 2 N–H and O–H groups in total. The Bertz CT molecular complexity index is 1160. The van der Waals surface area contributed by atoms with Gasteiger partial charge in [0.05, 0.1) is 11.9 Å². The van der Waals surface area contributed by atoms with Crippen LogP contribution in [0.15, 0.2) is 65.9 Å². The number of phenols is 1. The predicted octanol–water partition coefficient (Wildman–Crippen LogP) is 3.27. The molecule has 1 amide bonds. The number of rotatable bonds is 3. The Labute approximate surface area is 149 Å². The molecule has 0 aliphatic heterocycles. The highest BCUT2D eigenvalue weighted by molar-refractivity contribution is 6.03. The number of carbonyl (C=O) groups excluding carboxylic acids is 1. The number of amides is 1. The third kappa shape index (κ3) is 2.67. The van der Waals surface area contributed by atoms with Gasteiger partial charge in [0.2, 0.25) is 0 Å². The minimum absolute atomic E-state index is 0.104. The zero-order valence-electron chi connectivity index (χ0n) is 14.0. The van der Waals surface area contributed by atoms with Crippen LogP contribution in [0.1, 0.15) is 21.7 Å². The van der Waals surface area contributed by atoms with E-state index in [1.54, 1.807) is 23.6 Å². The molecule has 0 spiro atoms. The highest BCUT2D eigenvalue weighted by atomic mass is 16.3. The first-order valence-electron chi connectivity index (χ1n) is 8.13. The molecule has 2 aromatic carbocycles. The van der Waals surface area contributed by atoms with E-state index in [1.165, 1.54) is 6.21 Å². The highest BCUT2D eigenvalue weighted by Crippen LogP contribution is 2.25. The topological polar surface area (TPSA) is 79.0 Å². The Morgan fingerprint density at radius 2 is 1.96 bits per heavy atom. The van der Waals surface area contributed by atoms with Crippen LogP contribution < -0.4 is 5.43 Å². The summed E-state index contributed by atoms with van der Waals surface area (Å²) in [5, 5.41) is 16.0. The Morgan fingerprint density at radius 1 is 1.15 bits per heavy atom. The van der Waals surface area contributed by atoms with Crippen molar-refractivity contribution in [2.24, 2.45) is 5.10 Å². The van der Waals surface area contributed by atoms with Crippen molar-refractivity contribution < 1.29 is 9.90 Å². The number of aromatic hydroxyl groups is 1. The molecule has 0 fully saturated rings. The molecule has 4 aromatic rings. The predicted molar refractivity (Wildman–Crippen MR) is 101 cm³/mol. The van der Waals surface area contributed by atoms with E-state index in [2.05, 4.69) is 15.5 Å². The zero-order chi connectivity index (χ0) is 18.1. The average Bonchev–Trinajstić information content (AvgIpc) is 2.99. The lowest BCUT2D eigenvalue weighted by atomic mass is 10.0. The third-order valence-electron chi connectivity index (χ3n) is 4.23. The van der Waals surface area contributed by atoms with Gasteiger partial charge in [-0.2, -0.15) is 5.10 Å². The van der Waals surface area contributed by atoms with E-state index >= 15 is 0 Å². The quantitative estimate of drug-likeness (QED) is 0.442. The second-order valence-corrected chi connectivity index (χ2v) is 5.89. The molecule has 0 aliphatic rings. The molecule has 0 aliphatic carbocycles. The van der Waals surface area contributed by atoms with Crippen molar-refractivity contribution in [3.8, 4) is 5.75 Å². The van der Waals surface area contributed by atoms with Crippen LogP contribution >= 0.6 is 0 Å². The number of imidazole rings is 1. The summed E-state index contributed by atoms with van der Waals surface area (Å²) in [6, 6.07) is 16.6. The first-order chi connectivity index (χ1) is 12.6. The zero-order valence-corrected chi connectivity index (χ0v) is 14.0. The van der Waals surface area contributed by atoms with Crippen molar-refractivity contribution in [3.05, 3.63) is 77.7 Å². The molecule has 2 heterocycles. The van der Waals surface area contributed by atoms with Crippen molar-refractivity contribution in [2.45, 2.75) is 6.92 Å². The van der Waals surface area contributed by atoms with E-state index < -0.39 is 0 Å². The third-order valence-corrected chi connectivity index (χ3v) is 4.23. The van der Waals surface area contributed by atoms with Crippen LogP contribution in [0.25, 0.3) is 16.4 Å². The lowest BCUT2D eigenvalue weighted by Gasteiger charge is -2.05. The Hall–Kier alpha value is -3.67. The first kappa shape index (κ1) is 15.8. The van der Waals surface area contributed by atoms with Crippen LogP contribution in [0, 0.1) is 6.92 Å². The number of hydrogen-bond acceptors (Lipinski definition) is 4. The minimum atomic E-state index is -0.364.